The van der Waals surface area contributed by atoms with Crippen molar-refractivity contribution in [1.29, 1.82) is 0 Å². The first-order valence-electron chi connectivity index (χ1n) is 4.86. The Morgan fingerprint density at radius 1 is 1.33 bits per heavy atom. The molecule has 15 heavy (non-hydrogen) atoms. The fraction of sp³-hybridized carbons (Fsp3) is 0.364. The van der Waals surface area contributed by atoms with Crippen LogP contribution in [0, 0.1) is 0 Å². The lowest BCUT2D eigenvalue weighted by Gasteiger charge is -2.05. The zero-order chi connectivity index (χ0) is 10.5. The van der Waals surface area contributed by atoms with E-state index in [0.717, 1.165) is 12.2 Å². The standard InChI is InChI=1S/C11H12O3S/c12-11-13-8-9(14-11)6-7-15-10-4-2-1-3-5-10/h1-5,9H,6-8H2. The highest BCUT2D eigenvalue weighted by molar-refractivity contribution is 7.99. The van der Waals surface area contributed by atoms with Gasteiger partial charge in [0, 0.05) is 10.6 Å². The maximum Gasteiger partial charge on any atom is 0.508 e. The number of hydrogen-bond donors (Lipinski definition) is 0. The van der Waals surface area contributed by atoms with Gasteiger partial charge in [-0.1, -0.05) is 18.2 Å². The van der Waals surface area contributed by atoms with E-state index in [2.05, 4.69) is 12.1 Å². The molecule has 1 atom stereocenters. The fourth-order valence-corrected chi connectivity index (χ4v) is 2.30. The number of thioether (sulfide) groups is 1. The van der Waals surface area contributed by atoms with Crippen LogP contribution in [-0.4, -0.2) is 24.6 Å². The van der Waals surface area contributed by atoms with Gasteiger partial charge in [0.1, 0.15) is 12.7 Å². The Morgan fingerprint density at radius 3 is 2.80 bits per heavy atom. The van der Waals surface area contributed by atoms with Crippen LogP contribution < -0.4 is 0 Å². The van der Waals surface area contributed by atoms with Crippen molar-refractivity contribution in [1.82, 2.24) is 0 Å². The molecule has 0 bridgehead atoms. The van der Waals surface area contributed by atoms with Crippen LogP contribution in [0.5, 0.6) is 0 Å². The van der Waals surface area contributed by atoms with E-state index in [9.17, 15) is 4.79 Å². The van der Waals surface area contributed by atoms with Gasteiger partial charge in [-0.3, -0.25) is 0 Å². The molecule has 1 aromatic rings. The third-order valence-corrected chi connectivity index (χ3v) is 3.15. The summed E-state index contributed by atoms with van der Waals surface area (Å²) in [5.74, 6) is 0.936. The van der Waals surface area contributed by atoms with Crippen molar-refractivity contribution in [2.75, 3.05) is 12.4 Å². The summed E-state index contributed by atoms with van der Waals surface area (Å²) < 4.78 is 9.62. The molecule has 1 aliphatic heterocycles. The highest BCUT2D eigenvalue weighted by Gasteiger charge is 2.24. The Bertz CT molecular complexity index is 326. The Balaban J connectivity index is 1.69. The predicted octanol–water partition coefficient (Wildman–Crippen LogP) is 2.70. The third kappa shape index (κ3) is 3.16. The van der Waals surface area contributed by atoms with Crippen molar-refractivity contribution in [3.8, 4) is 0 Å². The molecule has 1 fully saturated rings. The van der Waals surface area contributed by atoms with E-state index in [-0.39, 0.29) is 6.10 Å². The van der Waals surface area contributed by atoms with Gasteiger partial charge in [-0.2, -0.15) is 0 Å². The van der Waals surface area contributed by atoms with E-state index in [0.29, 0.717) is 6.61 Å². The minimum atomic E-state index is -0.537. The quantitative estimate of drug-likeness (QED) is 0.582. The molecule has 0 aromatic heterocycles. The van der Waals surface area contributed by atoms with Crippen molar-refractivity contribution >= 4 is 17.9 Å². The number of rotatable bonds is 4. The summed E-state index contributed by atoms with van der Waals surface area (Å²) in [5, 5.41) is 0. The molecule has 0 spiro atoms. The second kappa shape index (κ2) is 5.07. The van der Waals surface area contributed by atoms with Gasteiger partial charge in [0.15, 0.2) is 0 Å². The molecule has 0 radical (unpaired) electrons. The average molecular weight is 224 g/mol. The first kappa shape index (κ1) is 10.4. The molecular formula is C11H12O3S. The van der Waals surface area contributed by atoms with Crippen LogP contribution >= 0.6 is 11.8 Å². The van der Waals surface area contributed by atoms with Crippen LogP contribution in [0.3, 0.4) is 0 Å². The van der Waals surface area contributed by atoms with Crippen LogP contribution in [0.4, 0.5) is 4.79 Å². The second-order valence-electron chi connectivity index (χ2n) is 3.25. The molecule has 1 aromatic carbocycles. The summed E-state index contributed by atoms with van der Waals surface area (Å²) in [4.78, 5) is 11.9. The molecule has 2 rings (SSSR count). The number of benzene rings is 1. The van der Waals surface area contributed by atoms with Gasteiger partial charge in [-0.05, 0) is 18.6 Å². The van der Waals surface area contributed by atoms with E-state index in [1.54, 1.807) is 11.8 Å². The Hall–Kier alpha value is -1.16. The number of hydrogen-bond acceptors (Lipinski definition) is 4. The summed E-state index contributed by atoms with van der Waals surface area (Å²) in [5.41, 5.74) is 0. The molecule has 0 N–H and O–H groups in total. The Labute approximate surface area is 92.8 Å². The van der Waals surface area contributed by atoms with Crippen LogP contribution in [0.25, 0.3) is 0 Å². The molecular weight excluding hydrogens is 212 g/mol. The first-order valence-corrected chi connectivity index (χ1v) is 5.84. The molecule has 1 heterocycles. The van der Waals surface area contributed by atoms with E-state index in [1.807, 2.05) is 18.2 Å². The molecule has 1 aliphatic rings. The van der Waals surface area contributed by atoms with Crippen LogP contribution in [0.15, 0.2) is 35.2 Å². The molecule has 1 saturated heterocycles. The molecule has 80 valence electrons. The van der Waals surface area contributed by atoms with Crippen LogP contribution in [0.1, 0.15) is 6.42 Å². The summed E-state index contributed by atoms with van der Waals surface area (Å²) in [7, 11) is 0. The van der Waals surface area contributed by atoms with E-state index >= 15 is 0 Å². The monoisotopic (exact) mass is 224 g/mol. The molecule has 0 amide bonds. The van der Waals surface area contributed by atoms with Gasteiger partial charge in [0.2, 0.25) is 0 Å². The fourth-order valence-electron chi connectivity index (χ4n) is 1.33. The average Bonchev–Trinajstić information content (AvgIpc) is 2.66. The van der Waals surface area contributed by atoms with Gasteiger partial charge in [0.05, 0.1) is 0 Å². The zero-order valence-corrected chi connectivity index (χ0v) is 9.03. The second-order valence-corrected chi connectivity index (χ2v) is 4.42. The molecule has 3 nitrogen and oxygen atoms in total. The van der Waals surface area contributed by atoms with Gasteiger partial charge in [-0.25, -0.2) is 4.79 Å². The van der Waals surface area contributed by atoms with Gasteiger partial charge >= 0.3 is 6.16 Å². The van der Waals surface area contributed by atoms with Crippen LogP contribution in [0.2, 0.25) is 0 Å². The van der Waals surface area contributed by atoms with E-state index < -0.39 is 6.16 Å². The molecule has 1 unspecified atom stereocenters. The summed E-state index contributed by atoms with van der Waals surface area (Å²) in [6, 6.07) is 10.2. The SMILES string of the molecule is O=C1OCC(CCSc2ccccc2)O1. The minimum absolute atomic E-state index is 0.0614. The van der Waals surface area contributed by atoms with Crippen molar-refractivity contribution in [3.05, 3.63) is 30.3 Å². The van der Waals surface area contributed by atoms with Crippen LogP contribution in [-0.2, 0) is 9.47 Å². The number of ether oxygens (including phenoxy) is 2. The lowest BCUT2D eigenvalue weighted by atomic mass is 10.3. The van der Waals surface area contributed by atoms with Crippen molar-refractivity contribution in [3.63, 3.8) is 0 Å². The summed E-state index contributed by atoms with van der Waals surface area (Å²) in [6.45, 7) is 0.397. The van der Waals surface area contributed by atoms with Crippen molar-refractivity contribution in [2.24, 2.45) is 0 Å². The first-order chi connectivity index (χ1) is 7.34. The topological polar surface area (TPSA) is 35.5 Å². The number of cyclic esters (lactones) is 2. The predicted molar refractivity (Wildman–Crippen MR) is 58.0 cm³/mol. The van der Waals surface area contributed by atoms with Crippen molar-refractivity contribution < 1.29 is 14.3 Å². The van der Waals surface area contributed by atoms with E-state index in [1.165, 1.54) is 4.90 Å². The molecule has 0 aliphatic carbocycles. The number of carbonyl (C=O) groups excluding carboxylic acids is 1. The maximum atomic E-state index is 10.6. The highest BCUT2D eigenvalue weighted by Crippen LogP contribution is 2.20. The lowest BCUT2D eigenvalue weighted by molar-refractivity contribution is 0.117. The Kier molecular flexibility index (Phi) is 3.50. The highest BCUT2D eigenvalue weighted by atomic mass is 32.2. The Morgan fingerprint density at radius 2 is 2.13 bits per heavy atom. The minimum Gasteiger partial charge on any atom is -0.430 e. The third-order valence-electron chi connectivity index (χ3n) is 2.10. The number of carbonyl (C=O) groups is 1. The zero-order valence-electron chi connectivity index (χ0n) is 8.22. The van der Waals surface area contributed by atoms with E-state index in [4.69, 9.17) is 9.47 Å². The smallest absolute Gasteiger partial charge is 0.430 e. The summed E-state index contributed by atoms with van der Waals surface area (Å²) >= 11 is 1.76. The van der Waals surface area contributed by atoms with Gasteiger partial charge in [-0.15, -0.1) is 11.8 Å². The van der Waals surface area contributed by atoms with Gasteiger partial charge in [0.25, 0.3) is 0 Å². The lowest BCUT2D eigenvalue weighted by Crippen LogP contribution is -2.10. The molecule has 0 saturated carbocycles. The van der Waals surface area contributed by atoms with Gasteiger partial charge < -0.3 is 9.47 Å². The maximum absolute atomic E-state index is 10.6. The molecule has 4 heteroatoms. The van der Waals surface area contributed by atoms with Crippen molar-refractivity contribution in [2.45, 2.75) is 17.4 Å². The normalized spacial score (nSPS) is 19.7. The summed E-state index contributed by atoms with van der Waals surface area (Å²) in [6.07, 6.45) is 0.240. The largest absolute Gasteiger partial charge is 0.508 e.